The van der Waals surface area contributed by atoms with Gasteiger partial charge in [-0.25, -0.2) is 4.98 Å². The molecular weight excluding hydrogens is 899 g/mol. The molecule has 0 spiro atoms. The van der Waals surface area contributed by atoms with Gasteiger partial charge in [-0.05, 0) is 131 Å². The Morgan fingerprint density at radius 2 is 0.905 bits per heavy atom. The number of nitrogens with zero attached hydrogens (tertiary/aromatic N) is 3. The second kappa shape index (κ2) is 18.9. The number of para-hydroxylation sites is 1. The summed E-state index contributed by atoms with van der Waals surface area (Å²) in [5, 5.41) is 12.8. The molecule has 4 heteroatoms. The lowest BCUT2D eigenvalue weighted by atomic mass is 9.79. The summed E-state index contributed by atoms with van der Waals surface area (Å²) in [6.45, 7) is 26.8. The highest BCUT2D eigenvalue weighted by atomic mass is 16.3. The maximum Gasteiger partial charge on any atom is 0.149 e. The van der Waals surface area contributed by atoms with Crippen molar-refractivity contribution in [3.8, 4) is 89.7 Å². The van der Waals surface area contributed by atoms with Gasteiger partial charge in [0.05, 0.1) is 28.0 Å². The Hall–Kier alpha value is -7.82. The number of aromatic nitrogens is 3. The molecule has 4 nitrogen and oxygen atoms in total. The van der Waals surface area contributed by atoms with E-state index >= 15 is 0 Å². The number of phenols is 1. The van der Waals surface area contributed by atoms with Crippen molar-refractivity contribution in [2.75, 3.05) is 0 Å². The van der Waals surface area contributed by atoms with Gasteiger partial charge in [0.15, 0.2) is 0 Å². The summed E-state index contributed by atoms with van der Waals surface area (Å²) in [6.07, 6.45) is 1.92. The Morgan fingerprint density at radius 3 is 1.51 bits per heavy atom. The van der Waals surface area contributed by atoms with Crippen LogP contribution in [0, 0.1) is 0 Å². The van der Waals surface area contributed by atoms with Crippen LogP contribution in [0.25, 0.3) is 95.0 Å². The minimum absolute atomic E-state index is 0.00751. The smallest absolute Gasteiger partial charge is 0.149 e. The quantitative estimate of drug-likeness (QED) is 0.165. The molecule has 10 rings (SSSR count). The van der Waals surface area contributed by atoms with E-state index in [2.05, 4.69) is 276 Å². The van der Waals surface area contributed by atoms with Crippen LogP contribution in [0.15, 0.2) is 194 Å². The molecule has 1 N–H and O–H groups in total. The van der Waals surface area contributed by atoms with E-state index in [1.54, 1.807) is 0 Å². The van der Waals surface area contributed by atoms with Gasteiger partial charge in [0, 0.05) is 28.5 Å². The first kappa shape index (κ1) is 49.7. The third-order valence-corrected chi connectivity index (χ3v) is 14.6. The average Bonchev–Trinajstić information content (AvgIpc) is 3.77. The van der Waals surface area contributed by atoms with E-state index in [0.29, 0.717) is 11.4 Å². The predicted octanol–water partition coefficient (Wildman–Crippen LogP) is 19.0. The molecule has 0 bridgehead atoms. The predicted molar refractivity (Wildman–Crippen MR) is 313 cm³/mol. The fraction of sp³-hybridized carbons (Fsp3) is 0.229. The van der Waals surface area contributed by atoms with Gasteiger partial charge in [0.2, 0.25) is 0 Å². The molecule has 2 aromatic heterocycles. The zero-order chi connectivity index (χ0) is 52.3. The first-order chi connectivity index (χ1) is 35.1. The molecule has 0 atom stereocenters. The van der Waals surface area contributed by atoms with Crippen LogP contribution in [0.4, 0.5) is 0 Å². The van der Waals surface area contributed by atoms with E-state index in [1.165, 1.54) is 22.3 Å². The first-order valence-corrected chi connectivity index (χ1v) is 26.1. The van der Waals surface area contributed by atoms with Crippen molar-refractivity contribution in [3.63, 3.8) is 0 Å². The lowest BCUT2D eigenvalue weighted by Gasteiger charge is -2.28. The molecule has 0 unspecified atom stereocenters. The maximum absolute atomic E-state index is 12.8. The molecule has 0 aliphatic heterocycles. The Morgan fingerprint density at radius 1 is 0.365 bits per heavy atom. The largest absolute Gasteiger partial charge is 0.507 e. The second-order valence-corrected chi connectivity index (χ2v) is 24.2. The maximum atomic E-state index is 12.8. The summed E-state index contributed by atoms with van der Waals surface area (Å²) in [7, 11) is 0. The van der Waals surface area contributed by atoms with Gasteiger partial charge in [-0.15, -0.1) is 0 Å². The zero-order valence-electron chi connectivity index (χ0n) is 45.3. The fourth-order valence-corrected chi connectivity index (χ4v) is 10.1. The van der Waals surface area contributed by atoms with E-state index in [-0.39, 0.29) is 27.4 Å². The molecule has 0 aliphatic carbocycles. The summed E-state index contributed by atoms with van der Waals surface area (Å²) in [6, 6.07) is 67.9. The Kier molecular flexibility index (Phi) is 12.7. The fourth-order valence-electron chi connectivity index (χ4n) is 10.1. The molecule has 370 valence electrons. The third-order valence-electron chi connectivity index (χ3n) is 14.6. The molecule has 0 saturated heterocycles. The summed E-state index contributed by atoms with van der Waals surface area (Å²) in [5.41, 5.74) is 20.2. The number of aromatic hydroxyl groups is 1. The van der Waals surface area contributed by atoms with Gasteiger partial charge in [0.25, 0.3) is 0 Å². The summed E-state index contributed by atoms with van der Waals surface area (Å²) < 4.78 is 2.32. The number of rotatable bonds is 8. The highest BCUT2D eigenvalue weighted by molar-refractivity contribution is 5.98. The van der Waals surface area contributed by atoms with Crippen LogP contribution in [0.1, 0.15) is 105 Å². The topological polar surface area (TPSA) is 50.9 Å². The van der Waals surface area contributed by atoms with Crippen LogP contribution in [-0.4, -0.2) is 19.6 Å². The van der Waals surface area contributed by atoms with E-state index in [0.717, 1.165) is 83.6 Å². The van der Waals surface area contributed by atoms with Gasteiger partial charge in [-0.1, -0.05) is 223 Å². The van der Waals surface area contributed by atoms with Gasteiger partial charge in [0.1, 0.15) is 11.6 Å². The van der Waals surface area contributed by atoms with Crippen LogP contribution in [0.5, 0.6) is 5.75 Å². The molecule has 0 fully saturated rings. The summed E-state index contributed by atoms with van der Waals surface area (Å²) in [5.74, 6) is 0.938. The standard InChI is InChI=1S/C70H69N3O/c1-67(2,3)54-32-30-49(31-33-54)57-35-34-55(68(4,5)6)44-63(57)73-62-25-19-24-58(64(62)72-66(73)59-42-56(69(7,8)9)43-60(65(59)74)70(10,11)12)52-38-51(46-22-17-14-18-23-46)39-53(40-52)61-41-50(36-37-71-61)48-28-26-47(27-29-48)45-20-15-13-16-21-45/h13-44,74H,1-12H3. The van der Waals surface area contributed by atoms with Gasteiger partial charge >= 0.3 is 0 Å². The normalized spacial score (nSPS) is 12.4. The van der Waals surface area contributed by atoms with Crippen molar-refractivity contribution < 1.29 is 5.11 Å². The number of fused-ring (bicyclic) bond motifs is 1. The van der Waals surface area contributed by atoms with Gasteiger partial charge in [-0.2, -0.15) is 0 Å². The van der Waals surface area contributed by atoms with E-state index < -0.39 is 0 Å². The molecule has 0 saturated carbocycles. The number of phenolic OH excluding ortho intramolecular Hbond substituents is 1. The lowest BCUT2D eigenvalue weighted by molar-refractivity contribution is 0.446. The molecular formula is C70H69N3O. The van der Waals surface area contributed by atoms with Gasteiger partial charge in [-0.3, -0.25) is 9.55 Å². The lowest BCUT2D eigenvalue weighted by Crippen LogP contribution is -2.17. The van der Waals surface area contributed by atoms with E-state index in [4.69, 9.17) is 9.97 Å². The van der Waals surface area contributed by atoms with Crippen molar-refractivity contribution in [2.24, 2.45) is 0 Å². The average molecular weight is 968 g/mol. The van der Waals surface area contributed by atoms with Crippen molar-refractivity contribution in [2.45, 2.75) is 105 Å². The zero-order valence-corrected chi connectivity index (χ0v) is 45.3. The molecule has 2 heterocycles. The molecule has 74 heavy (non-hydrogen) atoms. The van der Waals surface area contributed by atoms with Crippen molar-refractivity contribution in [1.82, 2.24) is 14.5 Å². The van der Waals surface area contributed by atoms with E-state index in [9.17, 15) is 5.11 Å². The molecule has 10 aromatic rings. The summed E-state index contributed by atoms with van der Waals surface area (Å²) in [4.78, 5) is 10.8. The number of pyridine rings is 1. The summed E-state index contributed by atoms with van der Waals surface area (Å²) >= 11 is 0. The Bertz CT molecular complexity index is 3670. The number of imidazole rings is 1. The second-order valence-electron chi connectivity index (χ2n) is 24.2. The highest BCUT2D eigenvalue weighted by Crippen LogP contribution is 2.47. The van der Waals surface area contributed by atoms with Crippen LogP contribution in [0.3, 0.4) is 0 Å². The Balaban J connectivity index is 1.24. The molecule has 0 aliphatic rings. The van der Waals surface area contributed by atoms with Crippen molar-refractivity contribution in [1.29, 1.82) is 0 Å². The first-order valence-electron chi connectivity index (χ1n) is 26.1. The number of hydrogen-bond acceptors (Lipinski definition) is 3. The molecule has 0 radical (unpaired) electrons. The van der Waals surface area contributed by atoms with Crippen LogP contribution < -0.4 is 0 Å². The van der Waals surface area contributed by atoms with Crippen LogP contribution in [-0.2, 0) is 21.7 Å². The Labute approximate surface area is 439 Å². The minimum atomic E-state index is -0.348. The third kappa shape index (κ3) is 9.86. The van der Waals surface area contributed by atoms with Crippen molar-refractivity contribution in [3.05, 3.63) is 217 Å². The van der Waals surface area contributed by atoms with Crippen LogP contribution >= 0.6 is 0 Å². The molecule has 8 aromatic carbocycles. The van der Waals surface area contributed by atoms with E-state index in [1.807, 2.05) is 6.20 Å². The monoisotopic (exact) mass is 968 g/mol. The SMILES string of the molecule is CC(C)(C)c1ccc(-c2ccc(C(C)(C)C)cc2-n2c(-c3cc(C(C)(C)C)cc(C(C)(C)C)c3O)nc3c(-c4cc(-c5ccccc5)cc(-c5cc(-c6ccc(-c7ccccc7)cc6)ccn5)c4)cccc32)cc1. The van der Waals surface area contributed by atoms with Crippen molar-refractivity contribution >= 4 is 11.0 Å². The van der Waals surface area contributed by atoms with Crippen LogP contribution in [0.2, 0.25) is 0 Å². The highest BCUT2D eigenvalue weighted by Gasteiger charge is 2.30. The van der Waals surface area contributed by atoms with Gasteiger partial charge < -0.3 is 5.11 Å². The number of benzene rings is 8. The minimum Gasteiger partial charge on any atom is -0.507 e. The molecule has 0 amide bonds. The number of hydrogen-bond donors (Lipinski definition) is 1.